The minimum atomic E-state index is -4.18. The number of imide groups is 1. The Labute approximate surface area is 215 Å². The maximum absolute atomic E-state index is 13.6. The fourth-order valence-corrected chi connectivity index (χ4v) is 5.38. The molecule has 1 aromatic carbocycles. The summed E-state index contributed by atoms with van der Waals surface area (Å²) < 4.78 is 36.1. The highest BCUT2D eigenvalue weighted by molar-refractivity contribution is 9.10. The second kappa shape index (κ2) is 12.0. The number of urea groups is 1. The Kier molecular flexibility index (Phi) is 9.34. The Morgan fingerprint density at radius 1 is 1.42 bits per heavy atom. The lowest BCUT2D eigenvalue weighted by Gasteiger charge is -2.34. The molecule has 2 N–H and O–H groups in total. The predicted molar refractivity (Wildman–Crippen MR) is 129 cm³/mol. The molecule has 2 aliphatic rings. The first-order valence-corrected chi connectivity index (χ1v) is 13.2. The van der Waals surface area contributed by atoms with Gasteiger partial charge in [-0.3, -0.25) is 24.3 Å². The predicted octanol–water partition coefficient (Wildman–Crippen LogP) is 3.09. The van der Waals surface area contributed by atoms with E-state index in [-0.39, 0.29) is 25.3 Å². The number of hydrogen-bond donors (Lipinski definition) is 2. The van der Waals surface area contributed by atoms with E-state index in [2.05, 4.69) is 41.1 Å². The second-order valence-electron chi connectivity index (χ2n) is 8.20. The maximum Gasteiger partial charge on any atom is 0.459 e. The van der Waals surface area contributed by atoms with Gasteiger partial charge in [-0.05, 0) is 36.7 Å². The third kappa shape index (κ3) is 6.96. The molecule has 3 rings (SSSR count). The van der Waals surface area contributed by atoms with E-state index in [0.717, 1.165) is 4.47 Å². The molecule has 6 atom stereocenters. The molecule has 0 bridgehead atoms. The van der Waals surface area contributed by atoms with Gasteiger partial charge in [-0.1, -0.05) is 28.0 Å². The lowest BCUT2D eigenvalue weighted by Crippen LogP contribution is -2.57. The minimum Gasteiger partial charge on any atom is -0.468 e. The Morgan fingerprint density at radius 2 is 2.11 bits per heavy atom. The Bertz CT molecular complexity index is 1080. The molecule has 3 amide bonds. The lowest BCUT2D eigenvalue weighted by molar-refractivity contribution is -0.142. The topological polar surface area (TPSA) is 181 Å². The molecule has 2 aliphatic heterocycles. The van der Waals surface area contributed by atoms with Crippen molar-refractivity contribution in [3.05, 3.63) is 39.2 Å². The Morgan fingerprint density at radius 3 is 2.75 bits per heavy atom. The smallest absolute Gasteiger partial charge is 0.459 e. The lowest BCUT2D eigenvalue weighted by atomic mass is 10.1. The summed E-state index contributed by atoms with van der Waals surface area (Å²) in [7, 11) is -2.99. The number of carbonyl (C=O) groups excluding carboxylic acids is 3. The van der Waals surface area contributed by atoms with Crippen LogP contribution in [0.1, 0.15) is 20.3 Å². The van der Waals surface area contributed by atoms with E-state index in [0.29, 0.717) is 0 Å². The van der Waals surface area contributed by atoms with E-state index in [1.165, 1.54) is 18.9 Å². The largest absolute Gasteiger partial charge is 0.468 e. The van der Waals surface area contributed by atoms with E-state index in [1.54, 1.807) is 31.2 Å². The van der Waals surface area contributed by atoms with Crippen LogP contribution < -0.4 is 14.9 Å². The first-order chi connectivity index (χ1) is 17.0. The van der Waals surface area contributed by atoms with Gasteiger partial charge in [0.2, 0.25) is 5.91 Å². The van der Waals surface area contributed by atoms with Crippen LogP contribution in [-0.4, -0.2) is 67.5 Å². The molecule has 2 saturated heterocycles. The molecule has 2 fully saturated rings. The third-order valence-corrected chi connectivity index (χ3v) is 7.69. The first-order valence-electron chi connectivity index (χ1n) is 10.9. The zero-order chi connectivity index (χ0) is 26.5. The van der Waals surface area contributed by atoms with Gasteiger partial charge in [-0.15, -0.1) is 0 Å². The molecule has 196 valence electrons. The molecule has 0 radical (unpaired) electrons. The van der Waals surface area contributed by atoms with Crippen molar-refractivity contribution < 1.29 is 37.5 Å². The molecule has 2 unspecified atom stereocenters. The number of amides is 3. The fourth-order valence-electron chi connectivity index (χ4n) is 3.62. The van der Waals surface area contributed by atoms with Crippen molar-refractivity contribution >= 4 is 41.6 Å². The van der Waals surface area contributed by atoms with Gasteiger partial charge in [-0.25, -0.2) is 9.36 Å². The number of hydrogen-bond acceptors (Lipinski definition) is 9. The molecule has 14 nitrogen and oxygen atoms in total. The number of rotatable bonds is 10. The standard InChI is InChI=1S/C20H26BrN6O8P/c1-11-9-27(20(30)23-18(11)28)17-8-15(24-26-22)16(34-17)10-33-36(31,25-12(2)19(29)32-3)35-14-6-4-13(21)5-7-14/h4-7,11-12,15-17H,8-10H2,1-3H3,(H,25,31)(H,23,28,30)/t11?,12-,15-,16+,17+,36?/m0/s1. The molecular formula is C20H26BrN6O8P. The van der Waals surface area contributed by atoms with Crippen LogP contribution in [0.5, 0.6) is 5.75 Å². The zero-order valence-electron chi connectivity index (χ0n) is 19.7. The molecule has 0 aliphatic carbocycles. The molecule has 2 heterocycles. The van der Waals surface area contributed by atoms with Gasteiger partial charge in [0.25, 0.3) is 0 Å². The number of nitrogens with zero attached hydrogens (tertiary/aromatic N) is 4. The average molecular weight is 589 g/mol. The fraction of sp³-hybridized carbons (Fsp3) is 0.550. The van der Waals surface area contributed by atoms with Crippen LogP contribution in [0.15, 0.2) is 33.9 Å². The number of esters is 1. The van der Waals surface area contributed by atoms with E-state index >= 15 is 0 Å². The molecule has 0 saturated carbocycles. The maximum atomic E-state index is 13.6. The Hall–Kier alpha value is -2.67. The van der Waals surface area contributed by atoms with Crippen LogP contribution in [0, 0.1) is 5.92 Å². The van der Waals surface area contributed by atoms with E-state index in [1.807, 2.05) is 0 Å². The normalized spacial score (nSPS) is 26.4. The van der Waals surface area contributed by atoms with Crippen molar-refractivity contribution in [1.29, 1.82) is 0 Å². The molecule has 36 heavy (non-hydrogen) atoms. The van der Waals surface area contributed by atoms with Crippen molar-refractivity contribution in [2.24, 2.45) is 11.0 Å². The van der Waals surface area contributed by atoms with Gasteiger partial charge < -0.3 is 14.0 Å². The average Bonchev–Trinajstić information content (AvgIpc) is 3.23. The van der Waals surface area contributed by atoms with Crippen molar-refractivity contribution in [2.75, 3.05) is 20.3 Å². The summed E-state index contributed by atoms with van der Waals surface area (Å²) >= 11 is 3.30. The van der Waals surface area contributed by atoms with Gasteiger partial charge in [-0.2, -0.15) is 5.09 Å². The summed E-state index contributed by atoms with van der Waals surface area (Å²) in [6, 6.07) is 4.00. The first kappa shape index (κ1) is 27.9. The zero-order valence-corrected chi connectivity index (χ0v) is 22.2. The number of nitrogens with one attached hydrogen (secondary N) is 2. The number of benzene rings is 1. The quantitative estimate of drug-likeness (QED) is 0.136. The molecule has 0 aromatic heterocycles. The van der Waals surface area contributed by atoms with Crippen molar-refractivity contribution in [3.63, 3.8) is 0 Å². The second-order valence-corrected chi connectivity index (χ2v) is 10.8. The highest BCUT2D eigenvalue weighted by Crippen LogP contribution is 2.46. The van der Waals surface area contributed by atoms with Gasteiger partial charge in [0, 0.05) is 22.4 Å². The highest BCUT2D eigenvalue weighted by Gasteiger charge is 2.44. The Balaban J connectivity index is 1.75. The molecule has 16 heteroatoms. The van der Waals surface area contributed by atoms with Crippen LogP contribution in [0.2, 0.25) is 0 Å². The van der Waals surface area contributed by atoms with Crippen LogP contribution >= 0.6 is 23.7 Å². The summed E-state index contributed by atoms with van der Waals surface area (Å²) in [6.45, 7) is 2.85. The van der Waals surface area contributed by atoms with Crippen LogP contribution in [0.3, 0.4) is 0 Å². The SMILES string of the molecule is COC(=O)[C@H](C)NP(=O)(OC[C@H]1O[C@@H](N2CC(C)C(=O)NC2=O)C[C@@H]1N=[N+]=[N-])Oc1ccc(Br)cc1. The number of methoxy groups -OCH3 is 1. The van der Waals surface area contributed by atoms with Crippen LogP contribution in [0.25, 0.3) is 10.4 Å². The summed E-state index contributed by atoms with van der Waals surface area (Å²) in [6.07, 6.45) is -1.57. The number of halogens is 1. The molecular weight excluding hydrogens is 563 g/mol. The van der Waals surface area contributed by atoms with Crippen molar-refractivity contribution in [3.8, 4) is 5.75 Å². The summed E-state index contributed by atoms with van der Waals surface area (Å²) in [4.78, 5) is 40.2. The molecule has 1 aromatic rings. The van der Waals surface area contributed by atoms with Gasteiger partial charge in [0.05, 0.1) is 31.8 Å². The summed E-state index contributed by atoms with van der Waals surface area (Å²) in [5, 5.41) is 8.50. The summed E-state index contributed by atoms with van der Waals surface area (Å²) in [5.74, 6) is -1.34. The van der Waals surface area contributed by atoms with E-state index in [4.69, 9.17) is 19.3 Å². The van der Waals surface area contributed by atoms with Crippen LogP contribution in [-0.2, 0) is 28.2 Å². The third-order valence-electron chi connectivity index (χ3n) is 5.52. The molecule has 0 spiro atoms. The van der Waals surface area contributed by atoms with Gasteiger partial charge in [0.1, 0.15) is 18.0 Å². The van der Waals surface area contributed by atoms with E-state index < -0.39 is 56.0 Å². The van der Waals surface area contributed by atoms with Gasteiger partial charge >= 0.3 is 19.7 Å². The highest BCUT2D eigenvalue weighted by atomic mass is 79.9. The van der Waals surface area contributed by atoms with Crippen molar-refractivity contribution in [1.82, 2.24) is 15.3 Å². The van der Waals surface area contributed by atoms with Crippen LogP contribution in [0.4, 0.5) is 4.79 Å². The van der Waals surface area contributed by atoms with Gasteiger partial charge in [0.15, 0.2) is 0 Å². The summed E-state index contributed by atoms with van der Waals surface area (Å²) in [5.41, 5.74) is 9.00. The minimum absolute atomic E-state index is 0.120. The van der Waals surface area contributed by atoms with Crippen molar-refractivity contribution in [2.45, 2.75) is 44.7 Å². The van der Waals surface area contributed by atoms with E-state index in [9.17, 15) is 18.9 Å². The number of carbonyl (C=O) groups is 3. The monoisotopic (exact) mass is 588 g/mol. The number of azide groups is 1. The number of ether oxygens (including phenoxy) is 2.